The van der Waals surface area contributed by atoms with E-state index in [1.165, 1.54) is 24.8 Å². The first-order valence-corrected chi connectivity index (χ1v) is 11.5. The lowest BCUT2D eigenvalue weighted by atomic mass is 9.99. The number of hydrogen-bond acceptors (Lipinski definition) is 4. The van der Waals surface area contributed by atoms with E-state index in [2.05, 4.69) is 28.4 Å². The fourth-order valence-corrected chi connectivity index (χ4v) is 5.03. The molecular formula is C23H30N4OS. The second kappa shape index (κ2) is 9.09. The van der Waals surface area contributed by atoms with Crippen LogP contribution in [0.1, 0.15) is 54.4 Å². The molecule has 1 aliphatic rings. The first-order valence-electron chi connectivity index (χ1n) is 10.6. The monoisotopic (exact) mass is 410 g/mol. The lowest BCUT2D eigenvalue weighted by Crippen LogP contribution is -2.39. The molecule has 0 unspecified atom stereocenters. The summed E-state index contributed by atoms with van der Waals surface area (Å²) in [7, 11) is 1.89. The van der Waals surface area contributed by atoms with Crippen molar-refractivity contribution < 1.29 is 4.79 Å². The standard InChI is InChI=1S/C23H30N4OS/c1-3-19-11-7-8-13-26(19)17-20-21(24-23-27(20)15-16-29-23)22(28)25(2)14-12-18-9-5-4-6-10-18/h4-6,9-10,15-16,19H,3,7-8,11-14,17H2,1-2H3/t19-/m0/s1. The molecule has 2 aromatic heterocycles. The van der Waals surface area contributed by atoms with Gasteiger partial charge >= 0.3 is 0 Å². The van der Waals surface area contributed by atoms with E-state index in [0.717, 1.165) is 36.6 Å². The number of fused-ring (bicyclic) bond motifs is 1. The largest absolute Gasteiger partial charge is 0.340 e. The Balaban J connectivity index is 1.54. The van der Waals surface area contributed by atoms with Crippen molar-refractivity contribution in [2.24, 2.45) is 0 Å². The first kappa shape index (κ1) is 20.1. The molecule has 0 radical (unpaired) electrons. The summed E-state index contributed by atoms with van der Waals surface area (Å²) >= 11 is 1.59. The second-order valence-electron chi connectivity index (χ2n) is 7.95. The van der Waals surface area contributed by atoms with Gasteiger partial charge in [0.2, 0.25) is 0 Å². The Kier molecular flexibility index (Phi) is 6.31. The third kappa shape index (κ3) is 4.38. The van der Waals surface area contributed by atoms with Crippen molar-refractivity contribution in [3.8, 4) is 0 Å². The summed E-state index contributed by atoms with van der Waals surface area (Å²) in [4.78, 5) is 23.3. The Morgan fingerprint density at radius 3 is 2.90 bits per heavy atom. The van der Waals surface area contributed by atoms with Crippen LogP contribution in [0.5, 0.6) is 0 Å². The normalized spacial score (nSPS) is 17.7. The van der Waals surface area contributed by atoms with Gasteiger partial charge in [0.1, 0.15) is 0 Å². The zero-order chi connectivity index (χ0) is 20.2. The number of hydrogen-bond donors (Lipinski definition) is 0. The van der Waals surface area contributed by atoms with Gasteiger partial charge in [-0.3, -0.25) is 14.1 Å². The van der Waals surface area contributed by atoms with E-state index >= 15 is 0 Å². The Morgan fingerprint density at radius 2 is 2.10 bits per heavy atom. The SMILES string of the molecule is CC[C@H]1CCCCN1Cc1c(C(=O)N(C)CCc2ccccc2)nc2sccn12. The zero-order valence-corrected chi connectivity index (χ0v) is 18.2. The van der Waals surface area contributed by atoms with E-state index in [9.17, 15) is 4.79 Å². The fraction of sp³-hybridized carbons (Fsp3) is 0.478. The predicted molar refractivity (Wildman–Crippen MR) is 119 cm³/mol. The highest BCUT2D eigenvalue weighted by Crippen LogP contribution is 2.25. The van der Waals surface area contributed by atoms with Gasteiger partial charge in [-0.25, -0.2) is 4.98 Å². The Labute approximate surface area is 177 Å². The minimum absolute atomic E-state index is 0.0249. The van der Waals surface area contributed by atoms with Crippen molar-refractivity contribution in [3.63, 3.8) is 0 Å². The quantitative estimate of drug-likeness (QED) is 0.577. The highest BCUT2D eigenvalue weighted by atomic mass is 32.1. The molecule has 3 heterocycles. The highest BCUT2D eigenvalue weighted by Gasteiger charge is 2.27. The molecule has 1 amide bonds. The summed E-state index contributed by atoms with van der Waals surface area (Å²) in [5, 5.41) is 2.05. The summed E-state index contributed by atoms with van der Waals surface area (Å²) < 4.78 is 2.12. The average Bonchev–Trinajstić information content (AvgIpc) is 3.35. The molecule has 0 saturated carbocycles. The van der Waals surface area contributed by atoms with Gasteiger partial charge in [-0.15, -0.1) is 11.3 Å². The van der Waals surface area contributed by atoms with E-state index in [1.807, 2.05) is 41.7 Å². The molecule has 5 nitrogen and oxygen atoms in total. The van der Waals surface area contributed by atoms with Crippen molar-refractivity contribution in [2.75, 3.05) is 20.1 Å². The molecule has 29 heavy (non-hydrogen) atoms. The van der Waals surface area contributed by atoms with Crippen LogP contribution in [0.3, 0.4) is 0 Å². The predicted octanol–water partition coefficient (Wildman–Crippen LogP) is 4.48. The molecule has 0 aliphatic carbocycles. The molecule has 4 rings (SSSR count). The van der Waals surface area contributed by atoms with Crippen molar-refractivity contribution in [3.05, 3.63) is 58.9 Å². The number of likely N-dealkylation sites (tertiary alicyclic amines) is 1. The maximum atomic E-state index is 13.3. The van der Waals surface area contributed by atoms with Crippen LogP contribution in [0.25, 0.3) is 4.96 Å². The number of carbonyl (C=O) groups is 1. The van der Waals surface area contributed by atoms with Crippen LogP contribution in [-0.4, -0.2) is 51.3 Å². The lowest BCUT2D eigenvalue weighted by Gasteiger charge is -2.35. The first-order chi connectivity index (χ1) is 14.2. The van der Waals surface area contributed by atoms with Crippen molar-refractivity contribution >= 4 is 22.2 Å². The number of benzene rings is 1. The summed E-state index contributed by atoms with van der Waals surface area (Å²) in [5.41, 5.74) is 2.91. The molecule has 0 spiro atoms. The Bertz CT molecular complexity index is 948. The van der Waals surface area contributed by atoms with Gasteiger partial charge in [-0.2, -0.15) is 0 Å². The van der Waals surface area contributed by atoms with Crippen LogP contribution in [0.4, 0.5) is 0 Å². The number of likely N-dealkylation sites (N-methyl/N-ethyl adjacent to an activating group) is 1. The molecule has 1 fully saturated rings. The summed E-state index contributed by atoms with van der Waals surface area (Å²) in [6, 6.07) is 10.9. The van der Waals surface area contributed by atoms with Crippen LogP contribution in [0, 0.1) is 0 Å². The van der Waals surface area contributed by atoms with Crippen LogP contribution in [0.15, 0.2) is 41.9 Å². The number of thiazole rings is 1. The minimum Gasteiger partial charge on any atom is -0.340 e. The maximum absolute atomic E-state index is 13.3. The number of carbonyl (C=O) groups excluding carboxylic acids is 1. The van der Waals surface area contributed by atoms with E-state index in [1.54, 1.807) is 11.3 Å². The molecule has 3 aromatic rings. The summed E-state index contributed by atoms with van der Waals surface area (Å²) in [6.07, 6.45) is 7.86. The molecule has 6 heteroatoms. The van der Waals surface area contributed by atoms with E-state index in [0.29, 0.717) is 18.3 Å². The van der Waals surface area contributed by atoms with Crippen LogP contribution < -0.4 is 0 Å². The van der Waals surface area contributed by atoms with E-state index in [4.69, 9.17) is 4.98 Å². The van der Waals surface area contributed by atoms with Gasteiger partial charge in [-0.1, -0.05) is 43.7 Å². The molecular weight excluding hydrogens is 380 g/mol. The summed E-state index contributed by atoms with van der Waals surface area (Å²) in [6.45, 7) is 4.86. The smallest absolute Gasteiger partial charge is 0.274 e. The maximum Gasteiger partial charge on any atom is 0.274 e. The van der Waals surface area contributed by atoms with Crippen molar-refractivity contribution in [1.29, 1.82) is 0 Å². The van der Waals surface area contributed by atoms with Gasteiger partial charge in [-0.05, 0) is 37.8 Å². The number of imidazole rings is 1. The second-order valence-corrected chi connectivity index (χ2v) is 8.83. The van der Waals surface area contributed by atoms with Crippen molar-refractivity contribution in [2.45, 2.75) is 51.6 Å². The van der Waals surface area contributed by atoms with Crippen LogP contribution >= 0.6 is 11.3 Å². The van der Waals surface area contributed by atoms with E-state index in [-0.39, 0.29) is 5.91 Å². The van der Waals surface area contributed by atoms with E-state index < -0.39 is 0 Å². The fourth-order valence-electron chi connectivity index (χ4n) is 4.30. The van der Waals surface area contributed by atoms with Crippen LogP contribution in [0.2, 0.25) is 0 Å². The number of aromatic nitrogens is 2. The number of nitrogens with zero attached hydrogens (tertiary/aromatic N) is 4. The molecule has 154 valence electrons. The molecule has 0 bridgehead atoms. The average molecular weight is 411 g/mol. The number of piperidine rings is 1. The third-order valence-corrected chi connectivity index (χ3v) is 6.82. The van der Waals surface area contributed by atoms with Gasteiger partial charge in [0, 0.05) is 37.8 Å². The molecule has 1 atom stereocenters. The molecule has 1 aromatic carbocycles. The molecule has 1 aliphatic heterocycles. The summed E-state index contributed by atoms with van der Waals surface area (Å²) in [5.74, 6) is 0.0249. The topological polar surface area (TPSA) is 40.9 Å². The van der Waals surface area contributed by atoms with Gasteiger partial charge in [0.25, 0.3) is 5.91 Å². The molecule has 0 N–H and O–H groups in total. The number of amides is 1. The van der Waals surface area contributed by atoms with Gasteiger partial charge in [0.15, 0.2) is 10.7 Å². The van der Waals surface area contributed by atoms with Gasteiger partial charge in [0.05, 0.1) is 5.69 Å². The number of rotatable bonds is 7. The van der Waals surface area contributed by atoms with Crippen molar-refractivity contribution in [1.82, 2.24) is 19.2 Å². The highest BCUT2D eigenvalue weighted by molar-refractivity contribution is 7.15. The Hall–Kier alpha value is -2.18. The van der Waals surface area contributed by atoms with Gasteiger partial charge < -0.3 is 4.90 Å². The lowest BCUT2D eigenvalue weighted by molar-refractivity contribution is 0.0786. The Morgan fingerprint density at radius 1 is 1.28 bits per heavy atom. The molecule has 1 saturated heterocycles. The van der Waals surface area contributed by atoms with Crippen LogP contribution in [-0.2, 0) is 13.0 Å². The zero-order valence-electron chi connectivity index (χ0n) is 17.4. The third-order valence-electron chi connectivity index (χ3n) is 6.06. The minimum atomic E-state index is 0.0249.